The van der Waals surface area contributed by atoms with Crippen molar-refractivity contribution in [3.05, 3.63) is 112 Å². The Morgan fingerprint density at radius 2 is 1.70 bits per heavy atom. The molecule has 0 aliphatic carbocycles. The maximum atomic E-state index is 13.1. The SMILES string of the molecule is O=C1C(=Cc2cc(Cl)ccc2OCc2cccc3ccccc23)SC(=S)N1c1ccccc1. The fourth-order valence-electron chi connectivity index (χ4n) is 3.75. The van der Waals surface area contributed by atoms with E-state index in [9.17, 15) is 4.79 Å². The van der Waals surface area contributed by atoms with Gasteiger partial charge in [-0.3, -0.25) is 9.69 Å². The van der Waals surface area contributed by atoms with Gasteiger partial charge in [-0.25, -0.2) is 0 Å². The summed E-state index contributed by atoms with van der Waals surface area (Å²) in [6.07, 6.45) is 1.80. The van der Waals surface area contributed by atoms with Crippen molar-refractivity contribution >= 4 is 68.3 Å². The Balaban J connectivity index is 1.44. The molecule has 1 heterocycles. The summed E-state index contributed by atoms with van der Waals surface area (Å²) in [6, 6.07) is 29.2. The molecule has 0 unspecified atom stereocenters. The molecule has 3 nitrogen and oxygen atoms in total. The van der Waals surface area contributed by atoms with E-state index >= 15 is 0 Å². The number of halogens is 1. The molecule has 5 rings (SSSR count). The van der Waals surface area contributed by atoms with E-state index in [1.54, 1.807) is 23.1 Å². The van der Waals surface area contributed by atoms with Gasteiger partial charge in [0.15, 0.2) is 4.32 Å². The normalized spacial score (nSPS) is 14.9. The van der Waals surface area contributed by atoms with Crippen LogP contribution in [0.2, 0.25) is 5.02 Å². The van der Waals surface area contributed by atoms with Crippen LogP contribution in [0.3, 0.4) is 0 Å². The van der Waals surface area contributed by atoms with Gasteiger partial charge in [0.25, 0.3) is 5.91 Å². The highest BCUT2D eigenvalue weighted by Gasteiger charge is 2.33. The van der Waals surface area contributed by atoms with Gasteiger partial charge in [0.05, 0.1) is 10.6 Å². The molecule has 6 heteroatoms. The molecule has 4 aromatic rings. The van der Waals surface area contributed by atoms with Crippen molar-refractivity contribution in [3.8, 4) is 5.75 Å². The number of hydrogen-bond donors (Lipinski definition) is 0. The van der Waals surface area contributed by atoms with Crippen LogP contribution < -0.4 is 9.64 Å². The van der Waals surface area contributed by atoms with Crippen molar-refractivity contribution in [1.82, 2.24) is 0 Å². The molecule has 0 bridgehead atoms. The molecule has 162 valence electrons. The fraction of sp³-hybridized carbons (Fsp3) is 0.0370. The molecule has 4 aromatic carbocycles. The lowest BCUT2D eigenvalue weighted by atomic mass is 10.1. The minimum Gasteiger partial charge on any atom is -0.488 e. The summed E-state index contributed by atoms with van der Waals surface area (Å²) in [5.74, 6) is 0.494. The Bertz CT molecular complexity index is 1400. The first kappa shape index (κ1) is 21.7. The highest BCUT2D eigenvalue weighted by molar-refractivity contribution is 8.27. The summed E-state index contributed by atoms with van der Waals surface area (Å²) >= 11 is 13.0. The molecule has 0 radical (unpaired) electrons. The Morgan fingerprint density at radius 1 is 0.939 bits per heavy atom. The second-order valence-corrected chi connectivity index (χ2v) is 9.57. The van der Waals surface area contributed by atoms with Gasteiger partial charge in [-0.05, 0) is 52.7 Å². The second kappa shape index (κ2) is 9.40. The molecule has 1 fully saturated rings. The third-order valence-corrected chi connectivity index (χ3v) is 6.87. The highest BCUT2D eigenvalue weighted by atomic mass is 35.5. The predicted octanol–water partition coefficient (Wildman–Crippen LogP) is 7.48. The number of rotatable bonds is 5. The molecule has 0 spiro atoms. The van der Waals surface area contributed by atoms with Gasteiger partial charge in [-0.15, -0.1) is 0 Å². The van der Waals surface area contributed by atoms with Crippen molar-refractivity contribution in [1.29, 1.82) is 0 Å². The van der Waals surface area contributed by atoms with Crippen LogP contribution in [0.4, 0.5) is 5.69 Å². The zero-order chi connectivity index (χ0) is 22.8. The van der Waals surface area contributed by atoms with Gasteiger partial charge in [0.2, 0.25) is 0 Å². The topological polar surface area (TPSA) is 29.5 Å². The number of nitrogens with zero attached hydrogens (tertiary/aromatic N) is 1. The fourth-order valence-corrected chi connectivity index (χ4v) is 5.22. The number of hydrogen-bond acceptors (Lipinski definition) is 4. The van der Waals surface area contributed by atoms with E-state index in [1.165, 1.54) is 17.1 Å². The van der Waals surface area contributed by atoms with E-state index in [0.717, 1.165) is 22.2 Å². The Hall–Kier alpha value is -3.12. The Morgan fingerprint density at radius 3 is 2.55 bits per heavy atom. The van der Waals surface area contributed by atoms with Crippen molar-refractivity contribution in [2.75, 3.05) is 4.90 Å². The summed E-state index contributed by atoms with van der Waals surface area (Å²) in [5.41, 5.74) is 2.57. The largest absolute Gasteiger partial charge is 0.488 e. The molecule has 0 N–H and O–H groups in total. The maximum absolute atomic E-state index is 13.1. The van der Waals surface area contributed by atoms with Gasteiger partial charge in [0.1, 0.15) is 12.4 Å². The summed E-state index contributed by atoms with van der Waals surface area (Å²) < 4.78 is 6.70. The number of carbonyl (C=O) groups excluding carboxylic acids is 1. The van der Waals surface area contributed by atoms with E-state index in [4.69, 9.17) is 28.6 Å². The van der Waals surface area contributed by atoms with E-state index in [1.807, 2.05) is 54.6 Å². The number of para-hydroxylation sites is 1. The van der Waals surface area contributed by atoms with Crippen molar-refractivity contribution in [2.24, 2.45) is 0 Å². The van der Waals surface area contributed by atoms with Crippen LogP contribution in [0.5, 0.6) is 5.75 Å². The number of ether oxygens (including phenoxy) is 1. The van der Waals surface area contributed by atoms with E-state index in [2.05, 4.69) is 24.3 Å². The van der Waals surface area contributed by atoms with Crippen LogP contribution in [-0.4, -0.2) is 10.2 Å². The van der Waals surface area contributed by atoms with Gasteiger partial charge < -0.3 is 4.74 Å². The molecule has 1 aliphatic rings. The number of carbonyl (C=O) groups is 1. The quantitative estimate of drug-likeness (QED) is 0.215. The van der Waals surface area contributed by atoms with Crippen molar-refractivity contribution < 1.29 is 9.53 Å². The second-order valence-electron chi connectivity index (χ2n) is 7.46. The summed E-state index contributed by atoms with van der Waals surface area (Å²) in [5, 5.41) is 2.89. The van der Waals surface area contributed by atoms with Crippen molar-refractivity contribution in [3.63, 3.8) is 0 Å². The molecule has 0 atom stereocenters. The van der Waals surface area contributed by atoms with E-state index < -0.39 is 0 Å². The van der Waals surface area contributed by atoms with E-state index in [0.29, 0.717) is 26.6 Å². The van der Waals surface area contributed by atoms with Crippen LogP contribution in [0.15, 0.2) is 95.9 Å². The molecular weight excluding hydrogens is 470 g/mol. The number of benzene rings is 4. The average molecular weight is 488 g/mol. The van der Waals surface area contributed by atoms with Gasteiger partial charge in [0, 0.05) is 10.6 Å². The van der Waals surface area contributed by atoms with Gasteiger partial charge in [-0.2, -0.15) is 0 Å². The summed E-state index contributed by atoms with van der Waals surface area (Å²) in [4.78, 5) is 15.2. The highest BCUT2D eigenvalue weighted by Crippen LogP contribution is 2.37. The maximum Gasteiger partial charge on any atom is 0.270 e. The van der Waals surface area contributed by atoms with E-state index in [-0.39, 0.29) is 5.91 Å². The number of fused-ring (bicyclic) bond motifs is 1. The van der Waals surface area contributed by atoms with Gasteiger partial charge >= 0.3 is 0 Å². The van der Waals surface area contributed by atoms with Crippen LogP contribution >= 0.6 is 35.6 Å². The lowest BCUT2D eigenvalue weighted by Gasteiger charge is -2.14. The first-order valence-electron chi connectivity index (χ1n) is 10.3. The monoisotopic (exact) mass is 487 g/mol. The Labute approximate surface area is 206 Å². The van der Waals surface area contributed by atoms with Gasteiger partial charge in [-0.1, -0.05) is 96.2 Å². The molecular formula is C27H18ClNO2S2. The third-order valence-electron chi connectivity index (χ3n) is 5.33. The summed E-state index contributed by atoms with van der Waals surface area (Å²) in [6.45, 7) is 0.398. The first-order chi connectivity index (χ1) is 16.1. The lowest BCUT2D eigenvalue weighted by Crippen LogP contribution is -2.27. The molecule has 0 saturated carbocycles. The smallest absolute Gasteiger partial charge is 0.270 e. The van der Waals surface area contributed by atoms with Crippen molar-refractivity contribution in [2.45, 2.75) is 6.61 Å². The molecule has 33 heavy (non-hydrogen) atoms. The molecule has 1 aliphatic heterocycles. The van der Waals surface area contributed by atoms with Crippen LogP contribution in [0, 0.1) is 0 Å². The minimum atomic E-state index is -0.156. The summed E-state index contributed by atoms with van der Waals surface area (Å²) in [7, 11) is 0. The molecule has 0 aromatic heterocycles. The average Bonchev–Trinajstić information content (AvgIpc) is 3.11. The lowest BCUT2D eigenvalue weighted by molar-refractivity contribution is -0.113. The number of thioether (sulfide) groups is 1. The molecule has 1 amide bonds. The molecule has 1 saturated heterocycles. The third kappa shape index (κ3) is 4.53. The zero-order valence-electron chi connectivity index (χ0n) is 17.4. The van der Waals surface area contributed by atoms with Crippen LogP contribution in [0.25, 0.3) is 16.8 Å². The van der Waals surface area contributed by atoms with Crippen LogP contribution in [-0.2, 0) is 11.4 Å². The number of amides is 1. The van der Waals surface area contributed by atoms with Crippen LogP contribution in [0.1, 0.15) is 11.1 Å². The standard InChI is InChI=1S/C27H18ClNO2S2/c28-21-13-14-24(31-17-19-9-6-8-18-7-4-5-12-23(18)19)20(15-21)16-25-26(30)29(27(32)33-25)22-10-2-1-3-11-22/h1-16H,17H2. The first-order valence-corrected chi connectivity index (χ1v) is 11.9. The predicted molar refractivity (Wildman–Crippen MR) is 142 cm³/mol. The minimum absolute atomic E-state index is 0.156. The zero-order valence-corrected chi connectivity index (χ0v) is 19.8. The Kier molecular flexibility index (Phi) is 6.18. The number of anilines is 1. The number of thiocarbonyl (C=S) groups is 1.